The zero-order valence-electron chi connectivity index (χ0n) is 10.7. The van der Waals surface area contributed by atoms with Gasteiger partial charge in [-0.05, 0) is 27.7 Å². The van der Waals surface area contributed by atoms with E-state index in [-0.39, 0.29) is 6.61 Å². The van der Waals surface area contributed by atoms with Crippen molar-refractivity contribution < 1.29 is 28.8 Å². The Kier molecular flexibility index (Phi) is 5.32. The first kappa shape index (κ1) is 14.4. The van der Waals surface area contributed by atoms with Crippen molar-refractivity contribution in [2.24, 2.45) is 0 Å². The Hall–Kier alpha value is -0.690. The third-order valence-corrected chi connectivity index (χ3v) is 2.14. The van der Waals surface area contributed by atoms with Crippen LogP contribution in [-0.4, -0.2) is 43.8 Å². The predicted molar refractivity (Wildman–Crippen MR) is 58.0 cm³/mol. The van der Waals surface area contributed by atoms with Crippen LogP contribution < -0.4 is 0 Å². The fraction of sp³-hybridized carbons (Fsp3) is 0.909. The molecule has 0 aromatic heterocycles. The van der Waals surface area contributed by atoms with Crippen LogP contribution in [0, 0.1) is 0 Å². The second-order valence-electron chi connectivity index (χ2n) is 4.04. The summed E-state index contributed by atoms with van der Waals surface area (Å²) in [4.78, 5) is 21.3. The van der Waals surface area contributed by atoms with Gasteiger partial charge in [-0.2, -0.15) is 0 Å². The molecular formula is C11H20O6. The Labute approximate surface area is 101 Å². The molecule has 1 saturated heterocycles. The minimum atomic E-state index is -0.822. The highest BCUT2D eigenvalue weighted by Crippen LogP contribution is 2.29. The van der Waals surface area contributed by atoms with Gasteiger partial charge in [-0.1, -0.05) is 0 Å². The Bertz CT molecular complexity index is 252. The number of hydrogen-bond acceptors (Lipinski definition) is 6. The molecule has 17 heavy (non-hydrogen) atoms. The molecule has 0 amide bonds. The Balaban J connectivity index is 2.54. The summed E-state index contributed by atoms with van der Waals surface area (Å²) in [6, 6.07) is 0. The largest absolute Gasteiger partial charge is 0.464 e. The number of hydrogen-bond donors (Lipinski definition) is 0. The molecule has 0 saturated carbocycles. The van der Waals surface area contributed by atoms with Crippen LogP contribution in [0.3, 0.4) is 0 Å². The second-order valence-corrected chi connectivity index (χ2v) is 4.04. The average molecular weight is 248 g/mol. The van der Waals surface area contributed by atoms with Crippen LogP contribution in [0.2, 0.25) is 0 Å². The number of carbonyl (C=O) groups excluding carboxylic acids is 1. The summed E-state index contributed by atoms with van der Waals surface area (Å²) in [5, 5.41) is 0. The predicted octanol–water partition coefficient (Wildman–Crippen LogP) is 1.04. The van der Waals surface area contributed by atoms with Gasteiger partial charge in [-0.25, -0.2) is 14.6 Å². The van der Waals surface area contributed by atoms with Gasteiger partial charge < -0.3 is 14.2 Å². The summed E-state index contributed by atoms with van der Waals surface area (Å²) >= 11 is 0. The van der Waals surface area contributed by atoms with Crippen molar-refractivity contribution in [1.29, 1.82) is 0 Å². The maximum atomic E-state index is 11.7. The third-order valence-electron chi connectivity index (χ3n) is 2.14. The van der Waals surface area contributed by atoms with Crippen molar-refractivity contribution in [3.05, 3.63) is 0 Å². The van der Waals surface area contributed by atoms with E-state index in [0.29, 0.717) is 13.2 Å². The molecule has 0 radical (unpaired) electrons. The number of ether oxygens (including phenoxy) is 3. The Morgan fingerprint density at radius 2 is 1.88 bits per heavy atom. The first-order chi connectivity index (χ1) is 8.00. The molecule has 0 aromatic carbocycles. The van der Waals surface area contributed by atoms with E-state index < -0.39 is 24.0 Å². The molecule has 1 heterocycles. The molecule has 6 heteroatoms. The van der Waals surface area contributed by atoms with E-state index in [2.05, 4.69) is 0 Å². The van der Waals surface area contributed by atoms with Crippen LogP contribution in [0.15, 0.2) is 0 Å². The lowest BCUT2D eigenvalue weighted by molar-refractivity contribution is -0.305. The van der Waals surface area contributed by atoms with Crippen molar-refractivity contribution in [2.45, 2.75) is 45.7 Å². The van der Waals surface area contributed by atoms with Gasteiger partial charge in [-0.15, -0.1) is 0 Å². The molecule has 0 N–H and O–H groups in total. The van der Waals surface area contributed by atoms with Crippen LogP contribution >= 0.6 is 0 Å². The molecular weight excluding hydrogens is 228 g/mol. The maximum Gasteiger partial charge on any atom is 0.338 e. The van der Waals surface area contributed by atoms with E-state index in [1.54, 1.807) is 27.7 Å². The molecule has 0 unspecified atom stereocenters. The minimum Gasteiger partial charge on any atom is -0.464 e. The third kappa shape index (κ3) is 4.23. The maximum absolute atomic E-state index is 11.7. The SMILES string of the molecule is CCOOC[C@H]1OC(C)(C)O[C@@H]1C(=O)OCC. The van der Waals surface area contributed by atoms with E-state index in [4.69, 9.17) is 24.0 Å². The van der Waals surface area contributed by atoms with Crippen LogP contribution in [-0.2, 0) is 28.8 Å². The van der Waals surface area contributed by atoms with Crippen molar-refractivity contribution in [2.75, 3.05) is 19.8 Å². The molecule has 0 bridgehead atoms. The molecule has 1 fully saturated rings. The van der Waals surface area contributed by atoms with E-state index in [1.807, 2.05) is 0 Å². The zero-order chi connectivity index (χ0) is 12.9. The molecule has 0 aliphatic carbocycles. The summed E-state index contributed by atoms with van der Waals surface area (Å²) < 4.78 is 15.9. The molecule has 6 nitrogen and oxygen atoms in total. The quantitative estimate of drug-likeness (QED) is 0.303. The summed E-state index contributed by atoms with van der Waals surface area (Å²) in [5.41, 5.74) is 0. The monoisotopic (exact) mass is 248 g/mol. The molecule has 100 valence electrons. The van der Waals surface area contributed by atoms with Crippen LogP contribution in [0.1, 0.15) is 27.7 Å². The molecule has 1 rings (SSSR count). The Morgan fingerprint density at radius 1 is 1.18 bits per heavy atom. The second kappa shape index (κ2) is 6.30. The van der Waals surface area contributed by atoms with E-state index >= 15 is 0 Å². The lowest BCUT2D eigenvalue weighted by Crippen LogP contribution is -2.36. The molecule has 0 spiro atoms. The van der Waals surface area contributed by atoms with Crippen molar-refractivity contribution in [3.63, 3.8) is 0 Å². The topological polar surface area (TPSA) is 63.2 Å². The van der Waals surface area contributed by atoms with Crippen LogP contribution in [0.4, 0.5) is 0 Å². The van der Waals surface area contributed by atoms with Crippen LogP contribution in [0.5, 0.6) is 0 Å². The smallest absolute Gasteiger partial charge is 0.338 e. The highest BCUT2D eigenvalue weighted by Gasteiger charge is 2.46. The first-order valence-electron chi connectivity index (χ1n) is 5.77. The fourth-order valence-corrected chi connectivity index (χ4v) is 1.58. The van der Waals surface area contributed by atoms with Crippen molar-refractivity contribution >= 4 is 5.97 Å². The molecule has 0 aromatic rings. The first-order valence-corrected chi connectivity index (χ1v) is 5.77. The average Bonchev–Trinajstić information content (AvgIpc) is 2.55. The van der Waals surface area contributed by atoms with Gasteiger partial charge in [0.2, 0.25) is 0 Å². The van der Waals surface area contributed by atoms with Gasteiger partial charge in [0, 0.05) is 0 Å². The Morgan fingerprint density at radius 3 is 2.47 bits per heavy atom. The van der Waals surface area contributed by atoms with Gasteiger partial charge >= 0.3 is 5.97 Å². The number of rotatable bonds is 6. The van der Waals surface area contributed by atoms with Gasteiger partial charge in [-0.3, -0.25) is 0 Å². The van der Waals surface area contributed by atoms with Crippen molar-refractivity contribution in [3.8, 4) is 0 Å². The van der Waals surface area contributed by atoms with Crippen LogP contribution in [0.25, 0.3) is 0 Å². The number of carbonyl (C=O) groups is 1. The van der Waals surface area contributed by atoms with Gasteiger partial charge in [0.25, 0.3) is 0 Å². The summed E-state index contributed by atoms with van der Waals surface area (Å²) in [5.74, 6) is -1.26. The van der Waals surface area contributed by atoms with Crippen molar-refractivity contribution in [1.82, 2.24) is 0 Å². The van der Waals surface area contributed by atoms with Gasteiger partial charge in [0.05, 0.1) is 13.2 Å². The summed E-state index contributed by atoms with van der Waals surface area (Å²) in [7, 11) is 0. The normalized spacial score (nSPS) is 27.1. The lowest BCUT2D eigenvalue weighted by Gasteiger charge is -2.16. The minimum absolute atomic E-state index is 0.126. The lowest BCUT2D eigenvalue weighted by atomic mass is 10.2. The van der Waals surface area contributed by atoms with E-state index in [0.717, 1.165) is 0 Å². The summed E-state index contributed by atoms with van der Waals surface area (Å²) in [6.07, 6.45) is -1.29. The van der Waals surface area contributed by atoms with E-state index in [9.17, 15) is 4.79 Å². The highest BCUT2D eigenvalue weighted by atomic mass is 17.2. The van der Waals surface area contributed by atoms with E-state index in [1.165, 1.54) is 0 Å². The molecule has 1 aliphatic rings. The summed E-state index contributed by atoms with van der Waals surface area (Å²) in [6.45, 7) is 7.88. The molecule has 2 atom stereocenters. The van der Waals surface area contributed by atoms with Gasteiger partial charge in [0.1, 0.15) is 12.7 Å². The molecule has 1 aliphatic heterocycles. The van der Waals surface area contributed by atoms with Gasteiger partial charge in [0.15, 0.2) is 11.9 Å². The zero-order valence-corrected chi connectivity index (χ0v) is 10.7. The fourth-order valence-electron chi connectivity index (χ4n) is 1.58. The number of esters is 1. The highest BCUT2D eigenvalue weighted by molar-refractivity contribution is 5.75. The standard InChI is InChI=1S/C11H20O6/c1-5-13-10(12)9-8(7-15-14-6-2)16-11(3,4)17-9/h8-9H,5-7H2,1-4H3/t8-,9+/m1/s1.